The Kier molecular flexibility index (Phi) is 3.90. The number of hydrogen-bond donors (Lipinski definition) is 1. The molecule has 0 spiro atoms. The van der Waals surface area contributed by atoms with Gasteiger partial charge in [-0.1, -0.05) is 11.6 Å². The monoisotopic (exact) mass is 209 g/mol. The first-order valence-corrected chi connectivity index (χ1v) is 5.75. The van der Waals surface area contributed by atoms with Crippen molar-refractivity contribution in [3.63, 3.8) is 0 Å². The summed E-state index contributed by atoms with van der Waals surface area (Å²) in [6.45, 7) is 8.62. The van der Waals surface area contributed by atoms with Gasteiger partial charge in [-0.2, -0.15) is 0 Å². The molecule has 1 rings (SSSR count). The Morgan fingerprint density at radius 3 is 2.43 bits per heavy atom. The minimum atomic E-state index is 0.373. The molecule has 1 aromatic rings. The molecule has 1 unspecified atom stereocenters. The van der Waals surface area contributed by atoms with Gasteiger partial charge >= 0.3 is 0 Å². The van der Waals surface area contributed by atoms with Crippen molar-refractivity contribution < 1.29 is 0 Å². The molecule has 1 aromatic heterocycles. The van der Waals surface area contributed by atoms with Gasteiger partial charge in [0.2, 0.25) is 0 Å². The number of rotatable bonds is 3. The number of allylic oxidation sites excluding steroid dienone is 1. The minimum absolute atomic E-state index is 0.373. The second-order valence-electron chi connectivity index (χ2n) is 3.90. The van der Waals surface area contributed by atoms with E-state index in [1.54, 1.807) is 0 Å². The highest BCUT2D eigenvalue weighted by atomic mass is 32.1. The van der Waals surface area contributed by atoms with E-state index < -0.39 is 0 Å². The number of nitrogens with one attached hydrogen (secondary N) is 1. The van der Waals surface area contributed by atoms with Crippen molar-refractivity contribution >= 4 is 11.3 Å². The van der Waals surface area contributed by atoms with E-state index >= 15 is 0 Å². The summed E-state index contributed by atoms with van der Waals surface area (Å²) in [7, 11) is 2.01. The van der Waals surface area contributed by atoms with Crippen molar-refractivity contribution in [3.8, 4) is 0 Å². The van der Waals surface area contributed by atoms with Crippen molar-refractivity contribution in [2.24, 2.45) is 0 Å². The zero-order valence-electron chi connectivity index (χ0n) is 9.64. The van der Waals surface area contributed by atoms with E-state index in [4.69, 9.17) is 0 Å². The molecule has 1 heterocycles. The third-order valence-corrected chi connectivity index (χ3v) is 3.54. The molecule has 78 valence electrons. The van der Waals surface area contributed by atoms with Gasteiger partial charge in [-0.3, -0.25) is 0 Å². The van der Waals surface area contributed by atoms with Crippen LogP contribution in [-0.2, 0) is 0 Å². The average molecular weight is 209 g/mol. The van der Waals surface area contributed by atoms with Crippen LogP contribution in [-0.4, -0.2) is 7.05 Å². The molecule has 0 amide bonds. The predicted octanol–water partition coefficient (Wildman–Crippen LogP) is 3.59. The average Bonchev–Trinajstić information content (AvgIpc) is 2.42. The predicted molar refractivity (Wildman–Crippen MR) is 65.0 cm³/mol. The van der Waals surface area contributed by atoms with E-state index in [-0.39, 0.29) is 0 Å². The molecule has 14 heavy (non-hydrogen) atoms. The maximum atomic E-state index is 3.32. The van der Waals surface area contributed by atoms with Gasteiger partial charge in [0.15, 0.2) is 0 Å². The van der Waals surface area contributed by atoms with E-state index in [0.29, 0.717) is 6.04 Å². The van der Waals surface area contributed by atoms with E-state index in [1.807, 2.05) is 18.4 Å². The first-order valence-electron chi connectivity index (χ1n) is 4.93. The topological polar surface area (TPSA) is 12.0 Å². The van der Waals surface area contributed by atoms with E-state index in [0.717, 1.165) is 0 Å². The highest BCUT2D eigenvalue weighted by molar-refractivity contribution is 7.12. The van der Waals surface area contributed by atoms with Crippen molar-refractivity contribution in [1.82, 2.24) is 5.32 Å². The number of thiophene rings is 1. The highest BCUT2D eigenvalue weighted by Gasteiger charge is 2.09. The Morgan fingerprint density at radius 1 is 1.43 bits per heavy atom. The molecule has 2 heteroatoms. The van der Waals surface area contributed by atoms with Crippen LogP contribution in [0.3, 0.4) is 0 Å². The van der Waals surface area contributed by atoms with E-state index in [1.165, 1.54) is 20.9 Å². The minimum Gasteiger partial charge on any atom is -0.309 e. The summed E-state index contributed by atoms with van der Waals surface area (Å²) in [5.41, 5.74) is 2.75. The summed E-state index contributed by atoms with van der Waals surface area (Å²) in [6, 6.07) is 2.65. The van der Waals surface area contributed by atoms with Crippen LogP contribution in [0.2, 0.25) is 0 Å². The standard InChI is InChI=1S/C12H19NS/c1-8(2)6-11(13-5)12-7-9(3)10(4)14-12/h6-7,11,13H,1-5H3. The summed E-state index contributed by atoms with van der Waals surface area (Å²) in [5, 5.41) is 3.32. The number of aryl methyl sites for hydroxylation is 2. The molecule has 0 saturated heterocycles. The van der Waals surface area contributed by atoms with Gasteiger partial charge in [0.25, 0.3) is 0 Å². The van der Waals surface area contributed by atoms with Crippen LogP contribution in [0, 0.1) is 13.8 Å². The zero-order chi connectivity index (χ0) is 10.7. The van der Waals surface area contributed by atoms with Crippen LogP contribution in [0.15, 0.2) is 17.7 Å². The van der Waals surface area contributed by atoms with Crippen LogP contribution in [0.4, 0.5) is 0 Å². The van der Waals surface area contributed by atoms with Crippen LogP contribution in [0.25, 0.3) is 0 Å². The van der Waals surface area contributed by atoms with Crippen molar-refractivity contribution in [1.29, 1.82) is 0 Å². The van der Waals surface area contributed by atoms with E-state index in [2.05, 4.69) is 45.2 Å². The summed E-state index contributed by atoms with van der Waals surface area (Å²) in [4.78, 5) is 2.83. The lowest BCUT2D eigenvalue weighted by molar-refractivity contribution is 0.722. The fourth-order valence-corrected chi connectivity index (χ4v) is 2.52. The summed E-state index contributed by atoms with van der Waals surface area (Å²) in [6.07, 6.45) is 2.27. The number of likely N-dealkylation sites (N-methyl/N-ethyl adjacent to an activating group) is 1. The lowest BCUT2D eigenvalue weighted by Gasteiger charge is -2.09. The van der Waals surface area contributed by atoms with Gasteiger partial charge < -0.3 is 5.32 Å². The summed E-state index contributed by atoms with van der Waals surface area (Å²) >= 11 is 1.88. The van der Waals surface area contributed by atoms with Crippen LogP contribution < -0.4 is 5.32 Å². The Balaban J connectivity index is 2.95. The second kappa shape index (κ2) is 4.76. The molecule has 0 aliphatic heterocycles. The second-order valence-corrected chi connectivity index (χ2v) is 5.19. The van der Waals surface area contributed by atoms with Gasteiger partial charge in [-0.25, -0.2) is 0 Å². The lowest BCUT2D eigenvalue weighted by Crippen LogP contribution is -2.12. The first-order chi connectivity index (χ1) is 6.54. The third-order valence-electron chi connectivity index (χ3n) is 2.30. The van der Waals surface area contributed by atoms with Crippen molar-refractivity contribution in [2.75, 3.05) is 7.05 Å². The van der Waals surface area contributed by atoms with Crippen LogP contribution in [0.5, 0.6) is 0 Å². The Labute approximate surface area is 90.9 Å². The molecule has 0 fully saturated rings. The quantitative estimate of drug-likeness (QED) is 0.750. The van der Waals surface area contributed by atoms with E-state index in [9.17, 15) is 0 Å². The van der Waals surface area contributed by atoms with Gasteiger partial charge in [-0.05, 0) is 46.4 Å². The fourth-order valence-electron chi connectivity index (χ4n) is 1.40. The molecule has 1 nitrogen and oxygen atoms in total. The maximum Gasteiger partial charge on any atom is 0.0600 e. The normalized spacial score (nSPS) is 12.6. The van der Waals surface area contributed by atoms with Gasteiger partial charge in [-0.15, -0.1) is 11.3 Å². The SMILES string of the molecule is CNC(C=C(C)C)c1cc(C)c(C)s1. The maximum absolute atomic E-state index is 3.32. The molecule has 1 atom stereocenters. The molecular weight excluding hydrogens is 190 g/mol. The Bertz CT molecular complexity index is 313. The molecule has 1 N–H and O–H groups in total. The zero-order valence-corrected chi connectivity index (χ0v) is 10.5. The molecule has 0 aliphatic carbocycles. The van der Waals surface area contributed by atoms with Gasteiger partial charge in [0.05, 0.1) is 6.04 Å². The molecule has 0 radical (unpaired) electrons. The largest absolute Gasteiger partial charge is 0.309 e. The fraction of sp³-hybridized carbons (Fsp3) is 0.500. The lowest BCUT2D eigenvalue weighted by atomic mass is 10.1. The summed E-state index contributed by atoms with van der Waals surface area (Å²) in [5.74, 6) is 0. The summed E-state index contributed by atoms with van der Waals surface area (Å²) < 4.78 is 0. The molecule has 0 saturated carbocycles. The van der Waals surface area contributed by atoms with Gasteiger partial charge in [0.1, 0.15) is 0 Å². The highest BCUT2D eigenvalue weighted by Crippen LogP contribution is 2.27. The first kappa shape index (κ1) is 11.5. The molecule has 0 aromatic carbocycles. The van der Waals surface area contributed by atoms with Crippen molar-refractivity contribution in [2.45, 2.75) is 33.7 Å². The third kappa shape index (κ3) is 2.69. The smallest absolute Gasteiger partial charge is 0.0600 e. The molecular formula is C12H19NS. The van der Waals surface area contributed by atoms with Gasteiger partial charge in [0, 0.05) is 9.75 Å². The molecule has 0 bridgehead atoms. The Morgan fingerprint density at radius 2 is 2.07 bits per heavy atom. The van der Waals surface area contributed by atoms with Crippen LogP contribution >= 0.6 is 11.3 Å². The number of hydrogen-bond acceptors (Lipinski definition) is 2. The molecule has 0 aliphatic rings. The Hall–Kier alpha value is -0.600. The van der Waals surface area contributed by atoms with Crippen molar-refractivity contribution in [3.05, 3.63) is 33.0 Å². The van der Waals surface area contributed by atoms with Crippen LogP contribution in [0.1, 0.15) is 35.2 Å².